The van der Waals surface area contributed by atoms with Gasteiger partial charge < -0.3 is 19.2 Å². The molecule has 1 saturated heterocycles. The van der Waals surface area contributed by atoms with Gasteiger partial charge in [-0.25, -0.2) is 0 Å². The van der Waals surface area contributed by atoms with Gasteiger partial charge in [-0.15, -0.1) is 0 Å². The topological polar surface area (TPSA) is 128 Å². The summed E-state index contributed by atoms with van der Waals surface area (Å²) in [5.41, 5.74) is 0.663. The first-order valence-corrected chi connectivity index (χ1v) is 14.3. The van der Waals surface area contributed by atoms with Crippen LogP contribution in [0.3, 0.4) is 0 Å². The third-order valence-corrected chi connectivity index (χ3v) is 8.97. The third kappa shape index (κ3) is 7.47. The third-order valence-electron chi connectivity index (χ3n) is 6.53. The zero-order valence-electron chi connectivity index (χ0n) is 21.1. The van der Waals surface area contributed by atoms with E-state index >= 15 is 0 Å². The number of nitrogens with zero attached hydrogens (tertiary/aromatic N) is 5. The van der Waals surface area contributed by atoms with Crippen LogP contribution in [0.5, 0.6) is 0 Å². The smallest absolute Gasteiger partial charge is 0.261 e. The van der Waals surface area contributed by atoms with Crippen LogP contribution in [-0.2, 0) is 23.5 Å². The molecule has 0 spiro atoms. The lowest BCUT2D eigenvalue weighted by Gasteiger charge is -2.33. The Hall–Kier alpha value is -3.08. The maximum absolute atomic E-state index is 13.9. The molecule has 1 fully saturated rings. The first kappa shape index (κ1) is 28.5. The summed E-state index contributed by atoms with van der Waals surface area (Å²) in [5.74, 6) is -0.829. The fraction of sp³-hybridized carbons (Fsp3) is 0.542. The number of fused-ring (bicyclic) bond motifs is 1. The van der Waals surface area contributed by atoms with E-state index in [1.165, 1.54) is 4.90 Å². The van der Waals surface area contributed by atoms with Crippen LogP contribution in [0.25, 0.3) is 0 Å². The summed E-state index contributed by atoms with van der Waals surface area (Å²) in [6.07, 6.45) is 2.18. The molecule has 0 radical (unpaired) electrons. The molecule has 0 bridgehead atoms. The standard InChI is InChI=1S/C24H34N5O7P/c1-2-36-37(35,16-15-29-23(33)21-5-3-4-6-22(21)24(29)34)20-28-13-11-26(18-31)9-7-25(17-30)8-10-27(19-32)12-14-28/h3-6,17-19H,2,7-16,20H2,1H3. The Morgan fingerprint density at radius 2 is 1.22 bits per heavy atom. The number of benzene rings is 1. The highest BCUT2D eigenvalue weighted by Gasteiger charge is 2.37. The van der Waals surface area contributed by atoms with E-state index in [1.807, 2.05) is 4.90 Å². The van der Waals surface area contributed by atoms with Crippen LogP contribution >= 0.6 is 7.37 Å². The Morgan fingerprint density at radius 1 is 0.784 bits per heavy atom. The van der Waals surface area contributed by atoms with E-state index in [4.69, 9.17) is 4.52 Å². The van der Waals surface area contributed by atoms with Gasteiger partial charge in [-0.2, -0.15) is 0 Å². The minimum Gasteiger partial charge on any atom is -0.342 e. The van der Waals surface area contributed by atoms with Crippen LogP contribution in [0.4, 0.5) is 0 Å². The average molecular weight is 536 g/mol. The molecule has 5 amide bonds. The van der Waals surface area contributed by atoms with Crippen molar-refractivity contribution in [3.05, 3.63) is 35.4 Å². The number of carbonyl (C=O) groups is 5. The molecule has 1 aromatic carbocycles. The Morgan fingerprint density at radius 3 is 1.62 bits per heavy atom. The van der Waals surface area contributed by atoms with Crippen molar-refractivity contribution >= 4 is 38.4 Å². The lowest BCUT2D eigenvalue weighted by Crippen LogP contribution is -2.45. The summed E-state index contributed by atoms with van der Waals surface area (Å²) < 4.78 is 19.6. The molecule has 0 aromatic heterocycles. The fourth-order valence-corrected chi connectivity index (χ4v) is 6.59. The molecule has 1 aromatic rings. The molecule has 3 rings (SSSR count). The van der Waals surface area contributed by atoms with E-state index in [2.05, 4.69) is 0 Å². The maximum atomic E-state index is 13.9. The van der Waals surface area contributed by atoms with Crippen molar-refractivity contribution in [3.8, 4) is 0 Å². The highest BCUT2D eigenvalue weighted by Crippen LogP contribution is 2.47. The Labute approximate surface area is 216 Å². The number of hydrogen-bond acceptors (Lipinski definition) is 8. The SMILES string of the molecule is CCOP(=O)(CCN1C(=O)c2ccccc2C1=O)CN1CCN(C=O)CCN(C=O)CCN(C=O)CC1. The van der Waals surface area contributed by atoms with Gasteiger partial charge in [0.2, 0.25) is 26.6 Å². The van der Waals surface area contributed by atoms with Gasteiger partial charge in [0.25, 0.3) is 11.8 Å². The van der Waals surface area contributed by atoms with Gasteiger partial charge in [-0.05, 0) is 19.1 Å². The van der Waals surface area contributed by atoms with Crippen molar-refractivity contribution in [2.45, 2.75) is 6.92 Å². The minimum absolute atomic E-state index is 0.00804. The summed E-state index contributed by atoms with van der Waals surface area (Å²) in [6, 6.07) is 6.58. The molecule has 1 unspecified atom stereocenters. The number of carbonyl (C=O) groups excluding carboxylic acids is 5. The highest BCUT2D eigenvalue weighted by molar-refractivity contribution is 7.58. The molecule has 0 aliphatic carbocycles. The van der Waals surface area contributed by atoms with Gasteiger partial charge in [0.15, 0.2) is 0 Å². The number of hydrogen-bond donors (Lipinski definition) is 0. The van der Waals surface area contributed by atoms with Crippen molar-refractivity contribution in [1.82, 2.24) is 24.5 Å². The summed E-state index contributed by atoms with van der Waals surface area (Å²) in [4.78, 5) is 67.5. The average Bonchev–Trinajstić information content (AvgIpc) is 3.14. The quantitative estimate of drug-likeness (QED) is 0.237. The van der Waals surface area contributed by atoms with Crippen molar-refractivity contribution in [2.24, 2.45) is 0 Å². The maximum Gasteiger partial charge on any atom is 0.261 e. The lowest BCUT2D eigenvalue weighted by atomic mass is 10.1. The molecule has 0 N–H and O–H groups in total. The summed E-state index contributed by atoms with van der Waals surface area (Å²) in [5, 5.41) is 0. The molecular formula is C24H34N5O7P. The van der Waals surface area contributed by atoms with Crippen molar-refractivity contribution in [3.63, 3.8) is 0 Å². The van der Waals surface area contributed by atoms with Gasteiger partial charge >= 0.3 is 0 Å². The van der Waals surface area contributed by atoms with Crippen LogP contribution in [0.1, 0.15) is 27.6 Å². The van der Waals surface area contributed by atoms with Crippen LogP contribution < -0.4 is 0 Å². The van der Waals surface area contributed by atoms with E-state index in [9.17, 15) is 28.5 Å². The molecule has 0 saturated carbocycles. The normalized spacial score (nSPS) is 19.6. The first-order valence-electron chi connectivity index (χ1n) is 12.3. The highest BCUT2D eigenvalue weighted by atomic mass is 31.2. The zero-order chi connectivity index (χ0) is 26.8. The predicted molar refractivity (Wildman–Crippen MR) is 135 cm³/mol. The summed E-state index contributed by atoms with van der Waals surface area (Å²) in [7, 11) is -3.33. The van der Waals surface area contributed by atoms with Gasteiger partial charge in [-0.3, -0.25) is 38.3 Å². The van der Waals surface area contributed by atoms with E-state index in [1.54, 1.807) is 41.0 Å². The second-order valence-electron chi connectivity index (χ2n) is 8.95. The molecule has 2 heterocycles. The molecule has 1 atom stereocenters. The second-order valence-corrected chi connectivity index (χ2v) is 11.6. The van der Waals surface area contributed by atoms with E-state index in [0.29, 0.717) is 69.9 Å². The first-order chi connectivity index (χ1) is 17.8. The van der Waals surface area contributed by atoms with Crippen LogP contribution in [0.15, 0.2) is 24.3 Å². The minimum atomic E-state index is -3.33. The Balaban J connectivity index is 1.70. The Kier molecular flexibility index (Phi) is 10.4. The zero-order valence-corrected chi connectivity index (χ0v) is 22.0. The van der Waals surface area contributed by atoms with Gasteiger partial charge in [0.1, 0.15) is 0 Å². The molecule has 37 heavy (non-hydrogen) atoms. The van der Waals surface area contributed by atoms with E-state index in [-0.39, 0.29) is 25.6 Å². The monoisotopic (exact) mass is 535 g/mol. The van der Waals surface area contributed by atoms with Crippen molar-refractivity contribution in [1.29, 1.82) is 0 Å². The van der Waals surface area contributed by atoms with E-state index in [0.717, 1.165) is 17.7 Å². The molecule has 2 aliphatic heterocycles. The van der Waals surface area contributed by atoms with Gasteiger partial charge in [0, 0.05) is 65.1 Å². The fourth-order valence-electron chi connectivity index (χ4n) is 4.37. The molecule has 2 aliphatic rings. The molecule has 13 heteroatoms. The number of rotatable bonds is 10. The number of imide groups is 1. The Bertz CT molecular complexity index is 979. The van der Waals surface area contributed by atoms with Gasteiger partial charge in [0.05, 0.1) is 24.0 Å². The van der Waals surface area contributed by atoms with Crippen LogP contribution in [0, 0.1) is 0 Å². The number of amides is 5. The van der Waals surface area contributed by atoms with Gasteiger partial charge in [-0.1, -0.05) is 12.1 Å². The van der Waals surface area contributed by atoms with E-state index < -0.39 is 19.2 Å². The van der Waals surface area contributed by atoms with Crippen LogP contribution in [0.2, 0.25) is 0 Å². The van der Waals surface area contributed by atoms with Crippen molar-refractivity contribution in [2.75, 3.05) is 78.0 Å². The predicted octanol–water partition coefficient (Wildman–Crippen LogP) is 0.246. The summed E-state index contributed by atoms with van der Waals surface area (Å²) in [6.45, 7) is 4.64. The molecule has 12 nitrogen and oxygen atoms in total. The van der Waals surface area contributed by atoms with Crippen LogP contribution in [-0.4, -0.2) is 134 Å². The lowest BCUT2D eigenvalue weighted by molar-refractivity contribution is -0.123. The molecule has 202 valence electrons. The molecular weight excluding hydrogens is 501 g/mol. The second kappa shape index (κ2) is 13.5. The van der Waals surface area contributed by atoms with Crippen molar-refractivity contribution < 1.29 is 33.1 Å². The summed E-state index contributed by atoms with van der Waals surface area (Å²) >= 11 is 0. The largest absolute Gasteiger partial charge is 0.342 e.